The van der Waals surface area contributed by atoms with Gasteiger partial charge in [0.1, 0.15) is 6.07 Å². The molecule has 1 heterocycles. The molecule has 2 nitrogen and oxygen atoms in total. The van der Waals surface area contributed by atoms with Gasteiger partial charge in [0.05, 0.1) is 5.56 Å². The van der Waals surface area contributed by atoms with Gasteiger partial charge in [0.2, 0.25) is 0 Å². The number of aromatic nitrogens is 1. The van der Waals surface area contributed by atoms with Crippen LogP contribution in [0, 0.1) is 24.1 Å². The number of nitriles is 1. The number of nitrogens with zero attached hydrogens (tertiary/aromatic N) is 2. The highest BCUT2D eigenvalue weighted by molar-refractivity contribution is 5.31. The van der Waals surface area contributed by atoms with Crippen molar-refractivity contribution in [1.82, 2.24) is 4.98 Å². The molecule has 0 unspecified atom stereocenters. The maximum atomic E-state index is 12.9. The molecule has 0 spiro atoms. The predicted molar refractivity (Wildman–Crippen MR) is 38.6 cm³/mol. The van der Waals surface area contributed by atoms with Crippen LogP contribution >= 0.6 is 0 Å². The van der Waals surface area contributed by atoms with E-state index in [1.807, 2.05) is 0 Å². The smallest absolute Gasteiger partial charge is 0.239 e. The fourth-order valence-corrected chi connectivity index (χ4v) is 0.916. The van der Waals surface area contributed by atoms with Gasteiger partial charge < -0.3 is 0 Å². The van der Waals surface area contributed by atoms with E-state index in [-0.39, 0.29) is 5.69 Å². The number of alkyl halides is 2. The number of aryl methyl sites for hydroxylation is 1. The Labute approximate surface area is 72.6 Å². The quantitative estimate of drug-likeness (QED) is 0.674. The molecule has 0 aromatic carbocycles. The second-order valence-electron chi connectivity index (χ2n) is 2.43. The third kappa shape index (κ3) is 1.78. The Kier molecular flexibility index (Phi) is 2.52. The molecule has 13 heavy (non-hydrogen) atoms. The Balaban J connectivity index is 3.38. The van der Waals surface area contributed by atoms with Gasteiger partial charge in [-0.25, -0.2) is 18.2 Å². The van der Waals surface area contributed by atoms with E-state index in [1.54, 1.807) is 0 Å². The lowest BCUT2D eigenvalue weighted by atomic mass is 10.2. The number of hydrogen-bond acceptors (Lipinski definition) is 2. The first kappa shape index (κ1) is 9.52. The highest BCUT2D eigenvalue weighted by Crippen LogP contribution is 2.23. The van der Waals surface area contributed by atoms with Gasteiger partial charge in [-0.05, 0) is 13.0 Å². The predicted octanol–water partition coefficient (Wildman–Crippen LogP) is 2.34. The zero-order valence-electron chi connectivity index (χ0n) is 6.68. The largest absolute Gasteiger partial charge is 0.266 e. The van der Waals surface area contributed by atoms with Crippen molar-refractivity contribution in [2.75, 3.05) is 0 Å². The molecule has 0 atom stereocenters. The summed E-state index contributed by atoms with van der Waals surface area (Å²) in [5.74, 6) is -1.23. The molecule has 0 N–H and O–H groups in total. The number of rotatable bonds is 1. The molecule has 0 saturated heterocycles. The summed E-state index contributed by atoms with van der Waals surface area (Å²) in [5, 5.41) is 8.35. The van der Waals surface area contributed by atoms with Crippen molar-refractivity contribution in [3.63, 3.8) is 0 Å². The van der Waals surface area contributed by atoms with Crippen LogP contribution in [-0.4, -0.2) is 4.98 Å². The number of pyridine rings is 1. The van der Waals surface area contributed by atoms with Gasteiger partial charge >= 0.3 is 0 Å². The summed E-state index contributed by atoms with van der Waals surface area (Å²) >= 11 is 0. The highest BCUT2D eigenvalue weighted by Gasteiger charge is 2.18. The fraction of sp³-hybridized carbons (Fsp3) is 0.250. The molecule has 0 saturated carbocycles. The van der Waals surface area contributed by atoms with Crippen LogP contribution < -0.4 is 0 Å². The van der Waals surface area contributed by atoms with Crippen molar-refractivity contribution in [3.05, 3.63) is 28.8 Å². The molecule has 0 amide bonds. The van der Waals surface area contributed by atoms with Crippen molar-refractivity contribution in [3.8, 4) is 6.07 Å². The molecule has 0 aliphatic heterocycles. The van der Waals surface area contributed by atoms with Crippen LogP contribution in [0.2, 0.25) is 0 Å². The first-order valence-corrected chi connectivity index (χ1v) is 3.41. The minimum absolute atomic E-state index is 0.202. The number of halogens is 3. The Morgan fingerprint density at radius 2 is 2.15 bits per heavy atom. The van der Waals surface area contributed by atoms with Crippen molar-refractivity contribution in [2.45, 2.75) is 13.3 Å². The van der Waals surface area contributed by atoms with E-state index in [1.165, 1.54) is 13.0 Å². The number of hydrogen-bond donors (Lipinski definition) is 0. The molecule has 0 radical (unpaired) electrons. The molecular weight excluding hydrogens is 181 g/mol. The zero-order valence-corrected chi connectivity index (χ0v) is 6.68. The molecule has 1 aromatic heterocycles. The molecule has 0 bridgehead atoms. The first-order valence-electron chi connectivity index (χ1n) is 3.41. The van der Waals surface area contributed by atoms with Crippen LogP contribution in [0.25, 0.3) is 0 Å². The highest BCUT2D eigenvalue weighted by atomic mass is 19.3. The average molecular weight is 186 g/mol. The normalized spacial score (nSPS) is 10.2. The fourth-order valence-electron chi connectivity index (χ4n) is 0.916. The Bertz CT molecular complexity index is 368. The summed E-state index contributed by atoms with van der Waals surface area (Å²) in [7, 11) is 0. The van der Waals surface area contributed by atoms with Crippen molar-refractivity contribution in [2.24, 2.45) is 0 Å². The zero-order chi connectivity index (χ0) is 10.0. The Hall–Kier alpha value is -1.57. The van der Waals surface area contributed by atoms with Crippen molar-refractivity contribution >= 4 is 0 Å². The van der Waals surface area contributed by atoms with Gasteiger partial charge in [0.15, 0.2) is 11.5 Å². The Morgan fingerprint density at radius 3 is 2.62 bits per heavy atom. The van der Waals surface area contributed by atoms with Crippen LogP contribution in [0.1, 0.15) is 23.4 Å². The van der Waals surface area contributed by atoms with Crippen LogP contribution in [0.3, 0.4) is 0 Å². The molecule has 0 aliphatic carbocycles. The summed E-state index contributed by atoms with van der Waals surface area (Å²) in [6.07, 6.45) is -2.92. The minimum atomic E-state index is -2.92. The van der Waals surface area contributed by atoms with Gasteiger partial charge in [-0.3, -0.25) is 0 Å². The molecule has 5 heteroatoms. The van der Waals surface area contributed by atoms with E-state index in [2.05, 4.69) is 4.98 Å². The summed E-state index contributed by atoms with van der Waals surface area (Å²) in [5.41, 5.74) is -1.16. The van der Waals surface area contributed by atoms with Gasteiger partial charge in [-0.1, -0.05) is 0 Å². The lowest BCUT2D eigenvalue weighted by molar-refractivity contribution is 0.146. The average Bonchev–Trinajstić information content (AvgIpc) is 2.08. The lowest BCUT2D eigenvalue weighted by Crippen LogP contribution is -1.99. The van der Waals surface area contributed by atoms with E-state index in [0.29, 0.717) is 0 Å². The van der Waals surface area contributed by atoms with Crippen LogP contribution in [0.4, 0.5) is 13.2 Å². The molecular formula is C8H5F3N2. The van der Waals surface area contributed by atoms with Gasteiger partial charge in [-0.2, -0.15) is 5.26 Å². The Morgan fingerprint density at radius 1 is 1.54 bits per heavy atom. The van der Waals surface area contributed by atoms with Crippen LogP contribution in [-0.2, 0) is 0 Å². The van der Waals surface area contributed by atoms with E-state index in [0.717, 1.165) is 6.07 Å². The van der Waals surface area contributed by atoms with E-state index < -0.39 is 23.5 Å². The molecule has 68 valence electrons. The lowest BCUT2D eigenvalue weighted by Gasteiger charge is -2.03. The summed E-state index contributed by atoms with van der Waals surface area (Å²) in [6, 6.07) is 2.34. The minimum Gasteiger partial charge on any atom is -0.239 e. The molecule has 1 rings (SSSR count). The van der Waals surface area contributed by atoms with E-state index in [4.69, 9.17) is 5.26 Å². The van der Waals surface area contributed by atoms with E-state index in [9.17, 15) is 13.2 Å². The standard InChI is InChI=1S/C8H5F3N2/c1-4-2-5(8(10)11)7(9)6(3-12)13-4/h2,8H,1H3. The summed E-state index contributed by atoms with van der Waals surface area (Å²) in [4.78, 5) is 3.46. The second-order valence-corrected chi connectivity index (χ2v) is 2.43. The molecule has 0 aliphatic rings. The van der Waals surface area contributed by atoms with Crippen LogP contribution in [0.5, 0.6) is 0 Å². The SMILES string of the molecule is Cc1cc(C(F)F)c(F)c(C#N)n1. The van der Waals surface area contributed by atoms with Gasteiger partial charge in [-0.15, -0.1) is 0 Å². The third-order valence-electron chi connectivity index (χ3n) is 1.45. The summed E-state index contributed by atoms with van der Waals surface area (Å²) < 4.78 is 37.2. The third-order valence-corrected chi connectivity index (χ3v) is 1.45. The maximum Gasteiger partial charge on any atom is 0.266 e. The topological polar surface area (TPSA) is 36.7 Å². The van der Waals surface area contributed by atoms with Gasteiger partial charge in [0, 0.05) is 5.69 Å². The molecule has 0 fully saturated rings. The maximum absolute atomic E-state index is 12.9. The van der Waals surface area contributed by atoms with Crippen LogP contribution in [0.15, 0.2) is 6.07 Å². The van der Waals surface area contributed by atoms with Crippen molar-refractivity contribution < 1.29 is 13.2 Å². The van der Waals surface area contributed by atoms with E-state index >= 15 is 0 Å². The molecule has 1 aromatic rings. The monoisotopic (exact) mass is 186 g/mol. The van der Waals surface area contributed by atoms with Gasteiger partial charge in [0.25, 0.3) is 6.43 Å². The van der Waals surface area contributed by atoms with Crippen molar-refractivity contribution in [1.29, 1.82) is 5.26 Å². The summed E-state index contributed by atoms with van der Waals surface area (Å²) in [6.45, 7) is 1.42. The first-order chi connectivity index (χ1) is 6.06. The second kappa shape index (κ2) is 3.44.